The van der Waals surface area contributed by atoms with Crippen molar-refractivity contribution < 1.29 is 0 Å². The summed E-state index contributed by atoms with van der Waals surface area (Å²) >= 11 is 0. The lowest BCUT2D eigenvalue weighted by atomic mass is 9.80. The first-order valence-corrected chi connectivity index (χ1v) is 5.30. The van der Waals surface area contributed by atoms with Gasteiger partial charge in [0.1, 0.15) is 15.7 Å². The average molecular weight is 202 g/mol. The van der Waals surface area contributed by atoms with Crippen LogP contribution < -0.4 is 10.9 Å². The Labute approximate surface area is 99.5 Å². The number of aryl methyl sites for hydroxylation is 2. The van der Waals surface area contributed by atoms with E-state index < -0.39 is 0 Å². The molecule has 0 heterocycles. The van der Waals surface area contributed by atoms with Crippen molar-refractivity contribution in [3.63, 3.8) is 0 Å². The molecule has 0 nitrogen and oxygen atoms in total. The van der Waals surface area contributed by atoms with E-state index in [0.29, 0.717) is 0 Å². The van der Waals surface area contributed by atoms with E-state index in [2.05, 4.69) is 0 Å². The number of hydrogen-bond donors (Lipinski definition) is 0. The van der Waals surface area contributed by atoms with Crippen molar-refractivity contribution in [2.24, 2.45) is 0 Å². The van der Waals surface area contributed by atoms with E-state index in [1.165, 1.54) is 0 Å². The molecule has 0 aliphatic heterocycles. The smallest absolute Gasteiger partial charge is 0.0887 e. The SMILES string of the molecule is [B]c1cc(C)ccc1-c1ccc(C)cc1[B]. The summed E-state index contributed by atoms with van der Waals surface area (Å²) in [6, 6.07) is 12.1. The second kappa shape index (κ2) is 4.21. The molecule has 74 valence electrons. The molecule has 0 aliphatic carbocycles. The molecule has 4 radical (unpaired) electrons. The predicted octanol–water partition coefficient (Wildman–Crippen LogP) is 1.56. The molecule has 0 atom stereocenters. The Balaban J connectivity index is 2.59. The van der Waals surface area contributed by atoms with E-state index in [1.807, 2.05) is 50.2 Å². The molecule has 2 heteroatoms. The summed E-state index contributed by atoms with van der Waals surface area (Å²) in [6.07, 6.45) is 0. The minimum atomic E-state index is 0.774. The van der Waals surface area contributed by atoms with Crippen LogP contribution in [0.4, 0.5) is 0 Å². The molecular formula is C14H12B2. The van der Waals surface area contributed by atoms with Crippen LogP contribution in [0.25, 0.3) is 11.1 Å². The zero-order valence-electron chi connectivity index (χ0n) is 9.62. The standard InChI is InChI=1S/C14H12B2/c1-9-3-5-11(13(15)7-9)12-6-4-10(2)8-14(12)16/h3-8H,1-2H3. The fraction of sp³-hybridized carbons (Fsp3) is 0.143. The Kier molecular flexibility index (Phi) is 2.91. The van der Waals surface area contributed by atoms with Crippen LogP contribution in [0.5, 0.6) is 0 Å². The maximum atomic E-state index is 6.00. The second-order valence-electron chi connectivity index (χ2n) is 4.18. The van der Waals surface area contributed by atoms with Crippen LogP contribution in [-0.4, -0.2) is 15.7 Å². The van der Waals surface area contributed by atoms with Crippen LogP contribution in [0.3, 0.4) is 0 Å². The quantitative estimate of drug-likeness (QED) is 0.615. The summed E-state index contributed by atoms with van der Waals surface area (Å²) in [5.74, 6) is 0. The van der Waals surface area contributed by atoms with E-state index in [4.69, 9.17) is 15.7 Å². The summed E-state index contributed by atoms with van der Waals surface area (Å²) in [7, 11) is 12.0. The van der Waals surface area contributed by atoms with Gasteiger partial charge in [0.05, 0.1) is 0 Å². The third kappa shape index (κ3) is 2.06. The van der Waals surface area contributed by atoms with Crippen LogP contribution in [0.15, 0.2) is 36.4 Å². The first-order chi connectivity index (χ1) is 7.58. The van der Waals surface area contributed by atoms with Gasteiger partial charge >= 0.3 is 0 Å². The normalized spacial score (nSPS) is 10.4. The van der Waals surface area contributed by atoms with Crippen molar-refractivity contribution in [3.8, 4) is 11.1 Å². The lowest BCUT2D eigenvalue weighted by Gasteiger charge is -2.11. The monoisotopic (exact) mass is 202 g/mol. The van der Waals surface area contributed by atoms with E-state index in [0.717, 1.165) is 33.2 Å². The molecule has 0 amide bonds. The van der Waals surface area contributed by atoms with Gasteiger partial charge in [0.2, 0.25) is 0 Å². The molecule has 0 unspecified atom stereocenters. The first kappa shape index (κ1) is 11.1. The number of rotatable bonds is 1. The van der Waals surface area contributed by atoms with Gasteiger partial charge in [-0.15, -0.1) is 0 Å². The highest BCUT2D eigenvalue weighted by Crippen LogP contribution is 2.15. The number of benzene rings is 2. The molecule has 0 saturated carbocycles. The maximum Gasteiger partial charge on any atom is 0.114 e. The molecule has 2 rings (SSSR count). The summed E-state index contributed by atoms with van der Waals surface area (Å²) in [6.45, 7) is 4.05. The van der Waals surface area contributed by atoms with Crippen molar-refractivity contribution in [1.29, 1.82) is 0 Å². The largest absolute Gasteiger partial charge is 0.114 e. The van der Waals surface area contributed by atoms with Gasteiger partial charge < -0.3 is 0 Å². The van der Waals surface area contributed by atoms with Crippen molar-refractivity contribution >= 4 is 26.6 Å². The number of hydrogen-bond acceptors (Lipinski definition) is 0. The van der Waals surface area contributed by atoms with E-state index in [-0.39, 0.29) is 0 Å². The Bertz CT molecular complexity index is 481. The van der Waals surface area contributed by atoms with E-state index in [9.17, 15) is 0 Å². The van der Waals surface area contributed by atoms with Crippen LogP contribution in [-0.2, 0) is 0 Å². The Hall–Kier alpha value is -1.43. The molecule has 0 fully saturated rings. The van der Waals surface area contributed by atoms with Crippen LogP contribution in [0, 0.1) is 13.8 Å². The topological polar surface area (TPSA) is 0 Å². The van der Waals surface area contributed by atoms with Crippen LogP contribution >= 0.6 is 0 Å². The Morgan fingerprint density at radius 2 is 1.06 bits per heavy atom. The lowest BCUT2D eigenvalue weighted by molar-refractivity contribution is 1.47. The zero-order chi connectivity index (χ0) is 11.7. The second-order valence-corrected chi connectivity index (χ2v) is 4.18. The van der Waals surface area contributed by atoms with Gasteiger partial charge in [-0.3, -0.25) is 0 Å². The first-order valence-electron chi connectivity index (χ1n) is 5.30. The molecule has 16 heavy (non-hydrogen) atoms. The maximum absolute atomic E-state index is 6.00. The highest BCUT2D eigenvalue weighted by Gasteiger charge is 2.04. The van der Waals surface area contributed by atoms with E-state index >= 15 is 0 Å². The molecule has 0 bridgehead atoms. The Morgan fingerprint density at radius 1 is 0.688 bits per heavy atom. The van der Waals surface area contributed by atoms with E-state index in [1.54, 1.807) is 0 Å². The molecule has 0 N–H and O–H groups in total. The average Bonchev–Trinajstić information content (AvgIpc) is 2.19. The van der Waals surface area contributed by atoms with Crippen LogP contribution in [0.1, 0.15) is 11.1 Å². The molecule has 0 aliphatic rings. The van der Waals surface area contributed by atoms with Gasteiger partial charge in [-0.05, 0) is 25.0 Å². The van der Waals surface area contributed by atoms with Crippen molar-refractivity contribution in [2.75, 3.05) is 0 Å². The fourth-order valence-electron chi connectivity index (χ4n) is 1.85. The highest BCUT2D eigenvalue weighted by molar-refractivity contribution is 6.40. The summed E-state index contributed by atoms with van der Waals surface area (Å²) in [5, 5.41) is 0. The zero-order valence-corrected chi connectivity index (χ0v) is 9.62. The molecule has 0 aromatic heterocycles. The van der Waals surface area contributed by atoms with Crippen molar-refractivity contribution in [3.05, 3.63) is 47.5 Å². The highest BCUT2D eigenvalue weighted by atomic mass is 14.1. The minimum absolute atomic E-state index is 0.774. The predicted molar refractivity (Wildman–Crippen MR) is 72.1 cm³/mol. The van der Waals surface area contributed by atoms with Gasteiger partial charge in [0.25, 0.3) is 0 Å². The Morgan fingerprint density at radius 3 is 1.38 bits per heavy atom. The minimum Gasteiger partial charge on any atom is -0.0887 e. The molecule has 0 saturated heterocycles. The van der Waals surface area contributed by atoms with Crippen molar-refractivity contribution in [2.45, 2.75) is 13.8 Å². The third-order valence-corrected chi connectivity index (χ3v) is 2.70. The van der Waals surface area contributed by atoms with Gasteiger partial charge in [0.15, 0.2) is 0 Å². The molecule has 0 spiro atoms. The van der Waals surface area contributed by atoms with Gasteiger partial charge in [0, 0.05) is 0 Å². The van der Waals surface area contributed by atoms with Crippen molar-refractivity contribution in [1.82, 2.24) is 0 Å². The third-order valence-electron chi connectivity index (χ3n) is 2.70. The summed E-state index contributed by atoms with van der Waals surface area (Å²) in [4.78, 5) is 0. The summed E-state index contributed by atoms with van der Waals surface area (Å²) in [5.41, 5.74) is 5.87. The lowest BCUT2D eigenvalue weighted by Crippen LogP contribution is -2.14. The molecular weight excluding hydrogens is 190 g/mol. The summed E-state index contributed by atoms with van der Waals surface area (Å²) < 4.78 is 0. The van der Waals surface area contributed by atoms with Crippen LogP contribution in [0.2, 0.25) is 0 Å². The molecule has 2 aromatic rings. The van der Waals surface area contributed by atoms with Gasteiger partial charge in [-0.25, -0.2) is 0 Å². The van der Waals surface area contributed by atoms with Gasteiger partial charge in [-0.2, -0.15) is 0 Å². The fourth-order valence-corrected chi connectivity index (χ4v) is 1.85. The molecule has 2 aromatic carbocycles. The van der Waals surface area contributed by atoms with Gasteiger partial charge in [-0.1, -0.05) is 58.5 Å².